The zero-order valence-corrected chi connectivity index (χ0v) is 16.0. The summed E-state index contributed by atoms with van der Waals surface area (Å²) in [7, 11) is 0. The van der Waals surface area contributed by atoms with Crippen molar-refractivity contribution in [1.29, 1.82) is 0 Å². The van der Waals surface area contributed by atoms with E-state index in [0.29, 0.717) is 36.1 Å². The Kier molecular flexibility index (Phi) is 7.07. The molecule has 0 bridgehead atoms. The minimum absolute atomic E-state index is 0.188. The SMILES string of the molecule is C=CCOc1ccc(C(=O)Nc2ccc(OCC(C)C)cc2)cc1Br. The number of halogens is 1. The van der Waals surface area contributed by atoms with Gasteiger partial charge in [-0.15, -0.1) is 0 Å². The van der Waals surface area contributed by atoms with Crippen LogP contribution in [-0.4, -0.2) is 19.1 Å². The molecule has 0 fully saturated rings. The van der Waals surface area contributed by atoms with Crippen molar-refractivity contribution in [3.63, 3.8) is 0 Å². The second kappa shape index (κ2) is 9.28. The van der Waals surface area contributed by atoms with Crippen molar-refractivity contribution in [2.45, 2.75) is 13.8 Å². The number of carbonyl (C=O) groups is 1. The van der Waals surface area contributed by atoms with Crippen molar-refractivity contribution in [2.24, 2.45) is 5.92 Å². The molecule has 2 rings (SSSR count). The zero-order valence-electron chi connectivity index (χ0n) is 14.4. The number of benzene rings is 2. The lowest BCUT2D eigenvalue weighted by molar-refractivity contribution is 0.102. The highest BCUT2D eigenvalue weighted by atomic mass is 79.9. The van der Waals surface area contributed by atoms with E-state index >= 15 is 0 Å². The summed E-state index contributed by atoms with van der Waals surface area (Å²) in [6.07, 6.45) is 1.67. The Balaban J connectivity index is 1.99. The molecule has 0 aromatic heterocycles. The lowest BCUT2D eigenvalue weighted by atomic mass is 10.2. The maximum absolute atomic E-state index is 12.4. The van der Waals surface area contributed by atoms with E-state index in [4.69, 9.17) is 9.47 Å². The Labute approximate surface area is 157 Å². The molecule has 0 unspecified atom stereocenters. The smallest absolute Gasteiger partial charge is 0.255 e. The van der Waals surface area contributed by atoms with Crippen LogP contribution in [0.15, 0.2) is 59.6 Å². The highest BCUT2D eigenvalue weighted by Crippen LogP contribution is 2.26. The van der Waals surface area contributed by atoms with Gasteiger partial charge in [0.15, 0.2) is 0 Å². The van der Waals surface area contributed by atoms with Crippen molar-refractivity contribution < 1.29 is 14.3 Å². The van der Waals surface area contributed by atoms with Gasteiger partial charge in [0, 0.05) is 11.3 Å². The first-order valence-electron chi connectivity index (χ1n) is 8.07. The van der Waals surface area contributed by atoms with Crippen LogP contribution < -0.4 is 14.8 Å². The Bertz CT molecular complexity index is 726. The highest BCUT2D eigenvalue weighted by molar-refractivity contribution is 9.10. The second-order valence-electron chi connectivity index (χ2n) is 5.93. The number of amides is 1. The zero-order chi connectivity index (χ0) is 18.2. The number of hydrogen-bond donors (Lipinski definition) is 1. The summed E-state index contributed by atoms with van der Waals surface area (Å²) in [5.41, 5.74) is 1.25. The Morgan fingerprint density at radius 2 is 1.92 bits per heavy atom. The van der Waals surface area contributed by atoms with E-state index in [0.717, 1.165) is 10.2 Å². The summed E-state index contributed by atoms with van der Waals surface area (Å²) in [6.45, 7) is 8.88. The van der Waals surface area contributed by atoms with Crippen LogP contribution in [0.2, 0.25) is 0 Å². The van der Waals surface area contributed by atoms with Crippen LogP contribution in [-0.2, 0) is 0 Å². The van der Waals surface area contributed by atoms with Gasteiger partial charge in [0.2, 0.25) is 0 Å². The van der Waals surface area contributed by atoms with Crippen LogP contribution >= 0.6 is 15.9 Å². The van der Waals surface area contributed by atoms with Crippen LogP contribution in [0, 0.1) is 5.92 Å². The summed E-state index contributed by atoms with van der Waals surface area (Å²) in [6, 6.07) is 12.5. The van der Waals surface area contributed by atoms with Gasteiger partial charge in [-0.2, -0.15) is 0 Å². The van der Waals surface area contributed by atoms with Gasteiger partial charge in [-0.3, -0.25) is 4.79 Å². The predicted octanol–water partition coefficient (Wildman–Crippen LogP) is 5.30. The first kappa shape index (κ1) is 19.1. The Morgan fingerprint density at radius 1 is 1.20 bits per heavy atom. The maximum atomic E-state index is 12.4. The Hall–Kier alpha value is -2.27. The summed E-state index contributed by atoms with van der Waals surface area (Å²) in [5.74, 6) is 1.74. The van der Waals surface area contributed by atoms with E-state index in [2.05, 4.69) is 41.7 Å². The lowest BCUT2D eigenvalue weighted by Crippen LogP contribution is -2.12. The van der Waals surface area contributed by atoms with Crippen molar-refractivity contribution >= 4 is 27.5 Å². The molecule has 4 nitrogen and oxygen atoms in total. The standard InChI is InChI=1S/C20H22BrNO3/c1-4-11-24-19-10-5-15(12-18(19)21)20(23)22-16-6-8-17(9-7-16)25-13-14(2)3/h4-10,12,14H,1,11,13H2,2-3H3,(H,22,23). The number of ether oxygens (including phenoxy) is 2. The van der Waals surface area contributed by atoms with Gasteiger partial charge >= 0.3 is 0 Å². The molecule has 1 amide bonds. The van der Waals surface area contributed by atoms with Gasteiger partial charge in [0.25, 0.3) is 5.91 Å². The summed E-state index contributed by atoms with van der Waals surface area (Å²) in [4.78, 5) is 12.4. The first-order chi connectivity index (χ1) is 12.0. The number of nitrogens with one attached hydrogen (secondary N) is 1. The fourth-order valence-corrected chi connectivity index (χ4v) is 2.50. The van der Waals surface area contributed by atoms with Crippen molar-refractivity contribution in [3.8, 4) is 11.5 Å². The van der Waals surface area contributed by atoms with Crippen molar-refractivity contribution in [1.82, 2.24) is 0 Å². The van der Waals surface area contributed by atoms with E-state index in [-0.39, 0.29) is 5.91 Å². The molecule has 0 heterocycles. The third-order valence-corrected chi connectivity index (χ3v) is 3.87. The molecular formula is C20H22BrNO3. The first-order valence-corrected chi connectivity index (χ1v) is 8.86. The van der Waals surface area contributed by atoms with Gasteiger partial charge in [-0.05, 0) is 64.3 Å². The Morgan fingerprint density at radius 3 is 2.52 bits per heavy atom. The molecule has 2 aromatic carbocycles. The monoisotopic (exact) mass is 403 g/mol. The van der Waals surface area contributed by atoms with Crippen molar-refractivity contribution in [2.75, 3.05) is 18.5 Å². The molecule has 0 spiro atoms. The molecular weight excluding hydrogens is 382 g/mol. The summed E-state index contributed by atoms with van der Waals surface area (Å²) >= 11 is 3.41. The molecule has 1 N–H and O–H groups in total. The molecule has 0 saturated heterocycles. The molecule has 2 aromatic rings. The van der Waals surface area contributed by atoms with E-state index in [1.807, 2.05) is 24.3 Å². The van der Waals surface area contributed by atoms with Crippen LogP contribution in [0.1, 0.15) is 24.2 Å². The summed E-state index contributed by atoms with van der Waals surface area (Å²) < 4.78 is 11.8. The summed E-state index contributed by atoms with van der Waals surface area (Å²) in [5, 5.41) is 2.87. The van der Waals surface area contributed by atoms with E-state index in [1.54, 1.807) is 24.3 Å². The van der Waals surface area contributed by atoms with Crippen LogP contribution in [0.25, 0.3) is 0 Å². The fourth-order valence-electron chi connectivity index (χ4n) is 2.01. The van der Waals surface area contributed by atoms with Crippen LogP contribution in [0.3, 0.4) is 0 Å². The minimum Gasteiger partial charge on any atom is -0.493 e. The molecule has 25 heavy (non-hydrogen) atoms. The molecule has 5 heteroatoms. The average Bonchev–Trinajstić information content (AvgIpc) is 2.60. The number of hydrogen-bond acceptors (Lipinski definition) is 3. The molecule has 0 aliphatic rings. The van der Waals surface area contributed by atoms with Gasteiger partial charge in [-0.1, -0.05) is 26.5 Å². The van der Waals surface area contributed by atoms with E-state index in [9.17, 15) is 4.79 Å². The third-order valence-electron chi connectivity index (χ3n) is 3.25. The van der Waals surface area contributed by atoms with Gasteiger partial charge < -0.3 is 14.8 Å². The van der Waals surface area contributed by atoms with Gasteiger partial charge in [-0.25, -0.2) is 0 Å². The average molecular weight is 404 g/mol. The second-order valence-corrected chi connectivity index (χ2v) is 6.78. The molecule has 0 aliphatic heterocycles. The third kappa shape index (κ3) is 5.94. The fraction of sp³-hybridized carbons (Fsp3) is 0.250. The molecule has 0 saturated carbocycles. The molecule has 0 atom stereocenters. The normalized spacial score (nSPS) is 10.4. The number of rotatable bonds is 8. The molecule has 0 aliphatic carbocycles. The number of anilines is 1. The van der Waals surface area contributed by atoms with E-state index in [1.165, 1.54) is 0 Å². The van der Waals surface area contributed by atoms with Crippen LogP contribution in [0.5, 0.6) is 11.5 Å². The highest BCUT2D eigenvalue weighted by Gasteiger charge is 2.10. The lowest BCUT2D eigenvalue weighted by Gasteiger charge is -2.11. The van der Waals surface area contributed by atoms with Gasteiger partial charge in [0.05, 0.1) is 11.1 Å². The van der Waals surface area contributed by atoms with E-state index < -0.39 is 0 Å². The predicted molar refractivity (Wildman–Crippen MR) is 105 cm³/mol. The molecule has 0 radical (unpaired) electrons. The van der Waals surface area contributed by atoms with Gasteiger partial charge in [0.1, 0.15) is 18.1 Å². The number of carbonyl (C=O) groups excluding carboxylic acids is 1. The maximum Gasteiger partial charge on any atom is 0.255 e. The topological polar surface area (TPSA) is 47.6 Å². The minimum atomic E-state index is -0.188. The largest absolute Gasteiger partial charge is 0.493 e. The van der Waals surface area contributed by atoms with Crippen LogP contribution in [0.4, 0.5) is 5.69 Å². The molecule has 132 valence electrons. The van der Waals surface area contributed by atoms with Crippen molar-refractivity contribution in [3.05, 3.63) is 65.2 Å². The quantitative estimate of drug-likeness (QED) is 0.608.